The number of aldehydes is 1. The highest BCUT2D eigenvalue weighted by molar-refractivity contribution is 6.30. The molecule has 0 saturated carbocycles. The summed E-state index contributed by atoms with van der Waals surface area (Å²) in [6.07, 6.45) is 1.59. The van der Waals surface area contributed by atoms with Crippen molar-refractivity contribution in [2.45, 2.75) is 26.4 Å². The van der Waals surface area contributed by atoms with Crippen LogP contribution in [0.15, 0.2) is 53.5 Å². The third-order valence-electron chi connectivity index (χ3n) is 4.19. The van der Waals surface area contributed by atoms with Crippen molar-refractivity contribution in [1.82, 2.24) is 9.80 Å². The largest absolute Gasteiger partial charge is 0.400 e. The number of aliphatic imine (C=N–C) groups is 1. The minimum atomic E-state index is -0.273. The standard InChI is InChI=1S/C16H15ClN2O2.C6H12N2O.CH4O/c17-15-5-1-13(2-6-15)9-19(12-21)11-18-16-7-3-14(10-20)4-8-16;1-5(2)8(4)6(9)7-3;1-2/h1-8,10,12,18H,9,11H2;5H,3H2,1-2,4H3;2H,1H3. The summed E-state index contributed by atoms with van der Waals surface area (Å²) in [7, 11) is 2.70. The van der Waals surface area contributed by atoms with Gasteiger partial charge in [0.1, 0.15) is 6.29 Å². The molecule has 2 N–H and O–H groups in total. The Morgan fingerprint density at radius 1 is 1.12 bits per heavy atom. The van der Waals surface area contributed by atoms with Gasteiger partial charge in [-0.05, 0) is 62.5 Å². The van der Waals surface area contributed by atoms with Crippen LogP contribution in [0.25, 0.3) is 0 Å². The number of carbonyl (C=O) groups excluding carboxylic acids is 3. The van der Waals surface area contributed by atoms with Gasteiger partial charge in [-0.1, -0.05) is 23.7 Å². The number of halogens is 1. The molecule has 9 heteroatoms. The molecule has 0 aliphatic carbocycles. The molecule has 0 atom stereocenters. The zero-order chi connectivity index (χ0) is 24.5. The third kappa shape index (κ3) is 11.2. The Bertz CT molecular complexity index is 827. The Labute approximate surface area is 194 Å². The van der Waals surface area contributed by atoms with E-state index in [1.165, 1.54) is 4.90 Å². The second kappa shape index (κ2) is 16.5. The summed E-state index contributed by atoms with van der Waals surface area (Å²) in [5, 5.41) is 10.8. The highest BCUT2D eigenvalue weighted by Gasteiger charge is 2.07. The molecule has 2 rings (SSSR count). The average molecular weight is 463 g/mol. The highest BCUT2D eigenvalue weighted by atomic mass is 35.5. The second-order valence-electron chi connectivity index (χ2n) is 6.70. The molecule has 2 aromatic rings. The first kappa shape index (κ1) is 28.8. The van der Waals surface area contributed by atoms with Gasteiger partial charge in [-0.25, -0.2) is 9.79 Å². The molecule has 0 unspecified atom stereocenters. The Hall–Kier alpha value is -3.23. The van der Waals surface area contributed by atoms with Crippen LogP contribution < -0.4 is 5.32 Å². The first-order chi connectivity index (χ1) is 15.3. The van der Waals surface area contributed by atoms with E-state index < -0.39 is 0 Å². The summed E-state index contributed by atoms with van der Waals surface area (Å²) in [6.45, 7) is 7.84. The molecule has 2 aromatic carbocycles. The van der Waals surface area contributed by atoms with Crippen molar-refractivity contribution in [3.63, 3.8) is 0 Å². The van der Waals surface area contributed by atoms with E-state index in [1.807, 2.05) is 26.0 Å². The Kier molecular flexibility index (Phi) is 14.8. The quantitative estimate of drug-likeness (QED) is 0.351. The van der Waals surface area contributed by atoms with Crippen LogP contribution in [0, 0.1) is 0 Å². The minimum Gasteiger partial charge on any atom is -0.400 e. The first-order valence-electron chi connectivity index (χ1n) is 9.71. The molecule has 0 heterocycles. The number of aliphatic hydroxyl groups is 1. The molecule has 8 nitrogen and oxygen atoms in total. The number of benzene rings is 2. The number of hydrogen-bond donors (Lipinski definition) is 2. The van der Waals surface area contributed by atoms with E-state index >= 15 is 0 Å². The van der Waals surface area contributed by atoms with Gasteiger partial charge < -0.3 is 20.2 Å². The zero-order valence-corrected chi connectivity index (χ0v) is 19.6. The van der Waals surface area contributed by atoms with Gasteiger partial charge in [-0.2, -0.15) is 0 Å². The van der Waals surface area contributed by atoms with Crippen molar-refractivity contribution in [2.24, 2.45) is 4.99 Å². The molecule has 0 fully saturated rings. The number of urea groups is 1. The van der Waals surface area contributed by atoms with E-state index in [1.54, 1.807) is 48.3 Å². The number of amides is 3. The van der Waals surface area contributed by atoms with Crippen LogP contribution in [0.3, 0.4) is 0 Å². The van der Waals surface area contributed by atoms with Crippen molar-refractivity contribution in [3.8, 4) is 0 Å². The predicted octanol–water partition coefficient (Wildman–Crippen LogP) is 3.94. The zero-order valence-electron chi connectivity index (χ0n) is 18.9. The number of anilines is 1. The van der Waals surface area contributed by atoms with Crippen LogP contribution in [-0.4, -0.2) is 67.2 Å². The van der Waals surface area contributed by atoms with Crippen molar-refractivity contribution < 1.29 is 19.5 Å². The maximum absolute atomic E-state index is 11.1. The monoisotopic (exact) mass is 462 g/mol. The van der Waals surface area contributed by atoms with Crippen LogP contribution in [0.1, 0.15) is 29.8 Å². The maximum atomic E-state index is 11.1. The van der Waals surface area contributed by atoms with Gasteiger partial charge in [0.05, 0.1) is 6.67 Å². The number of hydrogen-bond acceptors (Lipinski definition) is 5. The number of nitrogens with one attached hydrogen (secondary N) is 1. The van der Waals surface area contributed by atoms with E-state index in [0.717, 1.165) is 31.1 Å². The summed E-state index contributed by atoms with van der Waals surface area (Å²) in [5.74, 6) is 0. The van der Waals surface area contributed by atoms with E-state index in [0.29, 0.717) is 23.8 Å². The first-order valence-corrected chi connectivity index (χ1v) is 10.1. The van der Waals surface area contributed by atoms with Crippen LogP contribution in [-0.2, 0) is 11.3 Å². The second-order valence-corrected chi connectivity index (χ2v) is 7.14. The molecule has 0 spiro atoms. The van der Waals surface area contributed by atoms with Gasteiger partial charge in [0.2, 0.25) is 6.41 Å². The smallest absolute Gasteiger partial charge is 0.342 e. The topological polar surface area (TPSA) is 102 Å². The SMILES string of the molecule is C=NC(=O)N(C)C(C)C.CO.O=Cc1ccc(NCN(C=O)Cc2ccc(Cl)cc2)cc1. The van der Waals surface area contributed by atoms with Gasteiger partial charge in [0, 0.05) is 43.0 Å². The number of rotatable bonds is 8. The summed E-state index contributed by atoms with van der Waals surface area (Å²) in [4.78, 5) is 38.7. The fourth-order valence-corrected chi connectivity index (χ4v) is 2.29. The van der Waals surface area contributed by atoms with Crippen LogP contribution in [0.2, 0.25) is 5.02 Å². The predicted molar refractivity (Wildman–Crippen MR) is 129 cm³/mol. The molecule has 0 aliphatic rings. The molecule has 174 valence electrons. The lowest BCUT2D eigenvalue weighted by Gasteiger charge is -2.19. The molecule has 0 bridgehead atoms. The Morgan fingerprint density at radius 2 is 1.69 bits per heavy atom. The number of carbonyl (C=O) groups is 3. The lowest BCUT2D eigenvalue weighted by molar-refractivity contribution is -0.118. The van der Waals surface area contributed by atoms with Crippen molar-refractivity contribution >= 4 is 42.7 Å². The maximum Gasteiger partial charge on any atom is 0.342 e. The summed E-state index contributed by atoms with van der Waals surface area (Å²) >= 11 is 5.83. The fourth-order valence-electron chi connectivity index (χ4n) is 2.16. The van der Waals surface area contributed by atoms with Gasteiger partial charge in [0.15, 0.2) is 0 Å². The molecular formula is C23H31ClN4O4. The molecule has 0 aromatic heterocycles. The molecule has 32 heavy (non-hydrogen) atoms. The summed E-state index contributed by atoms with van der Waals surface area (Å²) in [6, 6.07) is 14.3. The summed E-state index contributed by atoms with van der Waals surface area (Å²) in [5.41, 5.74) is 2.47. The Balaban J connectivity index is 0.000000738. The van der Waals surface area contributed by atoms with E-state index in [2.05, 4.69) is 17.0 Å². The molecule has 0 saturated heterocycles. The molecule has 0 aliphatic heterocycles. The third-order valence-corrected chi connectivity index (χ3v) is 4.44. The van der Waals surface area contributed by atoms with Crippen molar-refractivity contribution in [1.29, 1.82) is 0 Å². The lowest BCUT2D eigenvalue weighted by Crippen LogP contribution is -2.30. The van der Waals surface area contributed by atoms with E-state index in [-0.39, 0.29) is 12.1 Å². The van der Waals surface area contributed by atoms with E-state index in [4.69, 9.17) is 16.7 Å². The molecular weight excluding hydrogens is 432 g/mol. The van der Waals surface area contributed by atoms with Crippen LogP contribution in [0.5, 0.6) is 0 Å². The Morgan fingerprint density at radius 3 is 2.09 bits per heavy atom. The van der Waals surface area contributed by atoms with E-state index in [9.17, 15) is 14.4 Å². The van der Waals surface area contributed by atoms with Crippen molar-refractivity contribution in [3.05, 3.63) is 64.7 Å². The van der Waals surface area contributed by atoms with Crippen molar-refractivity contribution in [2.75, 3.05) is 26.1 Å². The molecule has 3 amide bonds. The fraction of sp³-hybridized carbons (Fsp3) is 0.304. The average Bonchev–Trinajstić information content (AvgIpc) is 2.83. The van der Waals surface area contributed by atoms with Crippen LogP contribution in [0.4, 0.5) is 10.5 Å². The van der Waals surface area contributed by atoms with Gasteiger partial charge in [-0.15, -0.1) is 0 Å². The minimum absolute atomic E-state index is 0.197. The highest BCUT2D eigenvalue weighted by Crippen LogP contribution is 2.12. The van der Waals surface area contributed by atoms with Gasteiger partial charge >= 0.3 is 6.03 Å². The lowest BCUT2D eigenvalue weighted by atomic mass is 10.2. The van der Waals surface area contributed by atoms with Gasteiger partial charge in [-0.3, -0.25) is 9.59 Å². The van der Waals surface area contributed by atoms with Gasteiger partial charge in [0.25, 0.3) is 0 Å². The molecule has 0 radical (unpaired) electrons. The summed E-state index contributed by atoms with van der Waals surface area (Å²) < 4.78 is 0. The number of nitrogens with zero attached hydrogens (tertiary/aromatic N) is 3. The normalized spacial score (nSPS) is 9.34. The van der Waals surface area contributed by atoms with Crippen LogP contribution >= 0.6 is 11.6 Å². The number of aliphatic hydroxyl groups excluding tert-OH is 1.